The summed E-state index contributed by atoms with van der Waals surface area (Å²) >= 11 is 0. The van der Waals surface area contributed by atoms with Crippen LogP contribution in [0.4, 0.5) is 11.6 Å². The van der Waals surface area contributed by atoms with Gasteiger partial charge < -0.3 is 15.5 Å². The van der Waals surface area contributed by atoms with Gasteiger partial charge in [-0.15, -0.1) is 0 Å². The van der Waals surface area contributed by atoms with Gasteiger partial charge >= 0.3 is 0 Å². The average molecular weight is 277 g/mol. The molecule has 1 atom stereocenters. The lowest BCUT2D eigenvalue weighted by atomic mass is 10.1. The Kier molecular flexibility index (Phi) is 4.76. The third kappa shape index (κ3) is 3.59. The van der Waals surface area contributed by atoms with Crippen molar-refractivity contribution in [1.29, 1.82) is 0 Å². The highest BCUT2D eigenvalue weighted by atomic mass is 16.2. The minimum Gasteiger partial charge on any atom is -0.373 e. The van der Waals surface area contributed by atoms with Gasteiger partial charge in [0.25, 0.3) is 0 Å². The number of aromatic nitrogens is 2. The highest BCUT2D eigenvalue weighted by molar-refractivity contribution is 5.84. The number of piperidine rings is 1. The molecule has 20 heavy (non-hydrogen) atoms. The third-order valence-electron chi connectivity index (χ3n) is 3.50. The van der Waals surface area contributed by atoms with E-state index >= 15 is 0 Å². The molecule has 1 aromatic rings. The zero-order valence-electron chi connectivity index (χ0n) is 12.4. The van der Waals surface area contributed by atoms with Gasteiger partial charge in [-0.1, -0.05) is 0 Å². The van der Waals surface area contributed by atoms with Gasteiger partial charge in [0.15, 0.2) is 0 Å². The molecule has 2 N–H and O–H groups in total. The SMILES string of the molecule is CNc1cc(NC(C)C(=O)N2CCCCC2)nc(C)n1. The van der Waals surface area contributed by atoms with E-state index in [1.807, 2.05) is 31.9 Å². The summed E-state index contributed by atoms with van der Waals surface area (Å²) in [6.07, 6.45) is 3.44. The standard InChI is InChI=1S/C14H23N5O/c1-10(14(20)19-7-5-4-6-8-19)16-13-9-12(15-3)17-11(2)18-13/h9-10H,4-8H2,1-3H3,(H2,15,16,17,18). The molecule has 1 fully saturated rings. The van der Waals surface area contributed by atoms with Gasteiger partial charge in [-0.2, -0.15) is 0 Å². The van der Waals surface area contributed by atoms with E-state index in [1.54, 1.807) is 0 Å². The van der Waals surface area contributed by atoms with Gasteiger partial charge in [-0.3, -0.25) is 4.79 Å². The van der Waals surface area contributed by atoms with E-state index in [-0.39, 0.29) is 11.9 Å². The number of aryl methyl sites for hydroxylation is 1. The normalized spacial score (nSPS) is 16.6. The lowest BCUT2D eigenvalue weighted by Gasteiger charge is -2.29. The van der Waals surface area contributed by atoms with E-state index in [4.69, 9.17) is 0 Å². The monoisotopic (exact) mass is 277 g/mol. The molecule has 6 heteroatoms. The van der Waals surface area contributed by atoms with Crippen LogP contribution in [0, 0.1) is 6.92 Å². The highest BCUT2D eigenvalue weighted by Crippen LogP contribution is 2.14. The smallest absolute Gasteiger partial charge is 0.244 e. The van der Waals surface area contributed by atoms with Gasteiger partial charge in [0, 0.05) is 26.2 Å². The van der Waals surface area contributed by atoms with E-state index in [0.717, 1.165) is 31.7 Å². The molecule has 2 heterocycles. The number of nitrogens with one attached hydrogen (secondary N) is 2. The van der Waals surface area contributed by atoms with Crippen molar-refractivity contribution in [2.24, 2.45) is 0 Å². The molecular formula is C14H23N5O. The second-order valence-electron chi connectivity index (χ2n) is 5.19. The quantitative estimate of drug-likeness (QED) is 0.875. The molecule has 1 unspecified atom stereocenters. The maximum atomic E-state index is 12.3. The van der Waals surface area contributed by atoms with Gasteiger partial charge in [0.2, 0.25) is 5.91 Å². The molecule has 0 spiro atoms. The topological polar surface area (TPSA) is 70.2 Å². The highest BCUT2D eigenvalue weighted by Gasteiger charge is 2.22. The molecule has 0 saturated carbocycles. The predicted molar refractivity (Wildman–Crippen MR) is 79.8 cm³/mol. The van der Waals surface area contributed by atoms with Gasteiger partial charge in [-0.05, 0) is 33.1 Å². The molecule has 0 radical (unpaired) electrons. The largest absolute Gasteiger partial charge is 0.373 e. The number of likely N-dealkylation sites (tertiary alicyclic amines) is 1. The number of hydrogen-bond acceptors (Lipinski definition) is 5. The van der Waals surface area contributed by atoms with Crippen molar-refractivity contribution in [3.63, 3.8) is 0 Å². The van der Waals surface area contributed by atoms with Crippen molar-refractivity contribution in [2.75, 3.05) is 30.8 Å². The summed E-state index contributed by atoms with van der Waals surface area (Å²) in [5.41, 5.74) is 0. The summed E-state index contributed by atoms with van der Waals surface area (Å²) in [4.78, 5) is 22.8. The minimum atomic E-state index is -0.271. The van der Waals surface area contributed by atoms with Crippen molar-refractivity contribution in [2.45, 2.75) is 39.2 Å². The van der Waals surface area contributed by atoms with Crippen LogP contribution in [0.15, 0.2) is 6.07 Å². The van der Waals surface area contributed by atoms with E-state index in [9.17, 15) is 4.79 Å². The van der Waals surface area contributed by atoms with Crippen LogP contribution < -0.4 is 10.6 Å². The second kappa shape index (κ2) is 6.54. The zero-order valence-corrected chi connectivity index (χ0v) is 12.4. The average Bonchev–Trinajstić information content (AvgIpc) is 2.46. The minimum absolute atomic E-state index is 0.145. The number of carbonyl (C=O) groups excluding carboxylic acids is 1. The fraction of sp³-hybridized carbons (Fsp3) is 0.643. The number of rotatable bonds is 4. The second-order valence-corrected chi connectivity index (χ2v) is 5.19. The van der Waals surface area contributed by atoms with Crippen LogP contribution in [0.25, 0.3) is 0 Å². The van der Waals surface area contributed by atoms with Crippen LogP contribution in [0.2, 0.25) is 0 Å². The summed E-state index contributed by atoms with van der Waals surface area (Å²) in [6.45, 7) is 5.46. The molecule has 1 saturated heterocycles. The number of amides is 1. The number of nitrogens with zero attached hydrogens (tertiary/aromatic N) is 3. The molecule has 1 aliphatic rings. The first kappa shape index (κ1) is 14.6. The Morgan fingerprint density at radius 3 is 2.55 bits per heavy atom. The number of hydrogen-bond donors (Lipinski definition) is 2. The van der Waals surface area contributed by atoms with Crippen molar-refractivity contribution < 1.29 is 4.79 Å². The van der Waals surface area contributed by atoms with Crippen LogP contribution in [-0.2, 0) is 4.79 Å². The van der Waals surface area contributed by atoms with Gasteiger partial charge in [-0.25, -0.2) is 9.97 Å². The molecule has 1 aliphatic heterocycles. The fourth-order valence-corrected chi connectivity index (χ4v) is 2.44. The van der Waals surface area contributed by atoms with Crippen LogP contribution in [0.5, 0.6) is 0 Å². The summed E-state index contributed by atoms with van der Waals surface area (Å²) < 4.78 is 0. The predicted octanol–water partition coefficient (Wildman–Crippen LogP) is 1.64. The Morgan fingerprint density at radius 2 is 1.90 bits per heavy atom. The fourth-order valence-electron chi connectivity index (χ4n) is 2.44. The summed E-state index contributed by atoms with van der Waals surface area (Å²) in [6, 6.07) is 1.54. The summed E-state index contributed by atoms with van der Waals surface area (Å²) in [5, 5.41) is 6.16. The van der Waals surface area contributed by atoms with E-state index in [0.29, 0.717) is 11.6 Å². The molecule has 6 nitrogen and oxygen atoms in total. The van der Waals surface area contributed by atoms with Crippen LogP contribution in [0.1, 0.15) is 32.0 Å². The molecule has 0 aromatic carbocycles. The Hall–Kier alpha value is -1.85. The summed E-state index contributed by atoms with van der Waals surface area (Å²) in [7, 11) is 1.81. The van der Waals surface area contributed by atoms with Crippen LogP contribution >= 0.6 is 0 Å². The molecule has 0 aliphatic carbocycles. The Bertz CT molecular complexity index is 471. The van der Waals surface area contributed by atoms with Crippen molar-refractivity contribution >= 4 is 17.5 Å². The lowest BCUT2D eigenvalue weighted by Crippen LogP contribution is -2.44. The maximum absolute atomic E-state index is 12.3. The Labute approximate surface area is 120 Å². The molecule has 110 valence electrons. The molecule has 2 rings (SSSR count). The van der Waals surface area contributed by atoms with Gasteiger partial charge in [0.05, 0.1) is 0 Å². The first-order valence-corrected chi connectivity index (χ1v) is 7.19. The van der Waals surface area contributed by atoms with Crippen molar-refractivity contribution in [3.05, 3.63) is 11.9 Å². The first-order valence-electron chi connectivity index (χ1n) is 7.19. The zero-order chi connectivity index (χ0) is 14.5. The van der Waals surface area contributed by atoms with E-state index in [1.165, 1.54) is 6.42 Å². The van der Waals surface area contributed by atoms with Crippen molar-refractivity contribution in [1.82, 2.24) is 14.9 Å². The summed E-state index contributed by atoms with van der Waals surface area (Å²) in [5.74, 6) is 2.25. The third-order valence-corrected chi connectivity index (χ3v) is 3.50. The van der Waals surface area contributed by atoms with Crippen molar-refractivity contribution in [3.8, 4) is 0 Å². The number of anilines is 2. The van der Waals surface area contributed by atoms with Crippen LogP contribution in [0.3, 0.4) is 0 Å². The van der Waals surface area contributed by atoms with E-state index < -0.39 is 0 Å². The molecule has 1 amide bonds. The lowest BCUT2D eigenvalue weighted by molar-refractivity contribution is -0.132. The first-order chi connectivity index (χ1) is 9.60. The van der Waals surface area contributed by atoms with Gasteiger partial charge in [0.1, 0.15) is 23.5 Å². The Morgan fingerprint density at radius 1 is 1.25 bits per heavy atom. The number of carbonyl (C=O) groups is 1. The maximum Gasteiger partial charge on any atom is 0.244 e. The van der Waals surface area contributed by atoms with Crippen LogP contribution in [-0.4, -0.2) is 47.0 Å². The molecule has 0 bridgehead atoms. The Balaban J connectivity index is 2.01. The van der Waals surface area contributed by atoms with E-state index in [2.05, 4.69) is 20.6 Å². The molecular weight excluding hydrogens is 254 g/mol. The molecule has 1 aromatic heterocycles.